The number of nitrogens with one attached hydrogen (secondary N) is 1. The molecule has 1 rings (SSSR count). The lowest BCUT2D eigenvalue weighted by Crippen LogP contribution is -2.25. The van der Waals surface area contributed by atoms with Crippen molar-refractivity contribution in [1.29, 1.82) is 0 Å². The molecule has 1 aromatic rings. The van der Waals surface area contributed by atoms with Gasteiger partial charge in [0, 0.05) is 25.8 Å². The van der Waals surface area contributed by atoms with E-state index >= 15 is 0 Å². The average Bonchev–Trinajstić information content (AvgIpc) is 2.31. The van der Waals surface area contributed by atoms with E-state index in [1.807, 2.05) is 32.0 Å². The monoisotopic (exact) mass is 223 g/mol. The van der Waals surface area contributed by atoms with Crippen LogP contribution in [-0.4, -0.2) is 26.4 Å². The summed E-state index contributed by atoms with van der Waals surface area (Å²) in [4.78, 5) is 0. The quantitative estimate of drug-likeness (QED) is 0.768. The molecule has 0 heterocycles. The molecule has 0 amide bonds. The number of ether oxygens (including phenoxy) is 2. The Hall–Kier alpha value is -1.06. The smallest absolute Gasteiger partial charge is 0.123 e. The molecule has 0 aromatic heterocycles. The van der Waals surface area contributed by atoms with E-state index in [1.54, 1.807) is 7.11 Å². The molecule has 0 radical (unpaired) electrons. The van der Waals surface area contributed by atoms with Gasteiger partial charge >= 0.3 is 0 Å². The summed E-state index contributed by atoms with van der Waals surface area (Å²) < 4.78 is 10.7. The normalized spacial score (nSPS) is 12.4. The lowest BCUT2D eigenvalue weighted by Gasteiger charge is -2.13. The van der Waals surface area contributed by atoms with Crippen LogP contribution in [0.2, 0.25) is 0 Å². The van der Waals surface area contributed by atoms with Crippen LogP contribution in [0.5, 0.6) is 5.75 Å². The Bertz CT molecular complexity index is 302. The summed E-state index contributed by atoms with van der Waals surface area (Å²) in [5.74, 6) is 0.961. The standard InChI is InChI=1S/C13H21NO2/c1-4-16-13-8-6-5-7-12(13)10-14-9-11(2)15-3/h5-8,11,14H,4,9-10H2,1-3H3. The van der Waals surface area contributed by atoms with Gasteiger partial charge in [-0.2, -0.15) is 0 Å². The zero-order valence-electron chi connectivity index (χ0n) is 10.3. The number of benzene rings is 1. The van der Waals surface area contributed by atoms with Crippen molar-refractivity contribution in [3.05, 3.63) is 29.8 Å². The number of methoxy groups -OCH3 is 1. The Morgan fingerprint density at radius 1 is 1.31 bits per heavy atom. The Labute approximate surface area is 97.8 Å². The fourth-order valence-electron chi connectivity index (χ4n) is 1.44. The van der Waals surface area contributed by atoms with Crippen molar-refractivity contribution in [3.63, 3.8) is 0 Å². The minimum absolute atomic E-state index is 0.235. The van der Waals surface area contributed by atoms with E-state index < -0.39 is 0 Å². The third-order valence-electron chi connectivity index (χ3n) is 2.42. The van der Waals surface area contributed by atoms with Gasteiger partial charge in [0.25, 0.3) is 0 Å². The van der Waals surface area contributed by atoms with Gasteiger partial charge in [-0.3, -0.25) is 0 Å². The van der Waals surface area contributed by atoms with Crippen LogP contribution in [-0.2, 0) is 11.3 Å². The van der Waals surface area contributed by atoms with Crippen molar-refractivity contribution in [1.82, 2.24) is 5.32 Å². The molecule has 1 atom stereocenters. The third kappa shape index (κ3) is 4.21. The van der Waals surface area contributed by atoms with E-state index in [2.05, 4.69) is 11.4 Å². The zero-order valence-corrected chi connectivity index (χ0v) is 10.3. The van der Waals surface area contributed by atoms with Crippen LogP contribution < -0.4 is 10.1 Å². The number of hydrogen-bond donors (Lipinski definition) is 1. The summed E-state index contributed by atoms with van der Waals surface area (Å²) in [6.45, 7) is 6.39. The summed E-state index contributed by atoms with van der Waals surface area (Å²) in [5, 5.41) is 3.35. The second-order valence-electron chi connectivity index (χ2n) is 3.72. The van der Waals surface area contributed by atoms with Crippen LogP contribution in [0.3, 0.4) is 0 Å². The molecule has 0 aliphatic heterocycles. The highest BCUT2D eigenvalue weighted by Gasteiger charge is 2.03. The van der Waals surface area contributed by atoms with Crippen LogP contribution in [0, 0.1) is 0 Å². The fourth-order valence-corrected chi connectivity index (χ4v) is 1.44. The topological polar surface area (TPSA) is 30.5 Å². The van der Waals surface area contributed by atoms with Gasteiger partial charge in [0.05, 0.1) is 12.7 Å². The number of rotatable bonds is 7. The van der Waals surface area contributed by atoms with Crippen LogP contribution >= 0.6 is 0 Å². The highest BCUT2D eigenvalue weighted by atomic mass is 16.5. The van der Waals surface area contributed by atoms with Crippen molar-refractivity contribution >= 4 is 0 Å². The van der Waals surface area contributed by atoms with E-state index in [0.29, 0.717) is 6.61 Å². The van der Waals surface area contributed by atoms with Crippen LogP contribution in [0.1, 0.15) is 19.4 Å². The summed E-state index contributed by atoms with van der Waals surface area (Å²) >= 11 is 0. The first kappa shape index (κ1) is 13.0. The van der Waals surface area contributed by atoms with Gasteiger partial charge in [-0.15, -0.1) is 0 Å². The molecule has 90 valence electrons. The minimum atomic E-state index is 0.235. The van der Waals surface area contributed by atoms with Crippen molar-refractivity contribution in [2.45, 2.75) is 26.5 Å². The highest BCUT2D eigenvalue weighted by Crippen LogP contribution is 2.17. The molecule has 16 heavy (non-hydrogen) atoms. The molecule has 3 heteroatoms. The third-order valence-corrected chi connectivity index (χ3v) is 2.42. The molecule has 1 unspecified atom stereocenters. The lowest BCUT2D eigenvalue weighted by molar-refractivity contribution is 0.117. The lowest BCUT2D eigenvalue weighted by atomic mass is 10.2. The maximum atomic E-state index is 5.55. The van der Waals surface area contributed by atoms with Crippen LogP contribution in [0.15, 0.2) is 24.3 Å². The van der Waals surface area contributed by atoms with Gasteiger partial charge in [-0.05, 0) is 19.9 Å². The van der Waals surface area contributed by atoms with Crippen molar-refractivity contribution in [2.75, 3.05) is 20.3 Å². The Balaban J connectivity index is 2.46. The molecular formula is C13H21NO2. The first-order valence-electron chi connectivity index (χ1n) is 5.72. The van der Waals surface area contributed by atoms with Crippen molar-refractivity contribution in [3.8, 4) is 5.75 Å². The molecule has 0 bridgehead atoms. The second-order valence-corrected chi connectivity index (χ2v) is 3.72. The van der Waals surface area contributed by atoms with Gasteiger partial charge in [0.2, 0.25) is 0 Å². The molecule has 1 N–H and O–H groups in total. The molecule has 0 aliphatic rings. The summed E-state index contributed by atoms with van der Waals surface area (Å²) in [7, 11) is 1.72. The molecular weight excluding hydrogens is 202 g/mol. The molecule has 0 saturated carbocycles. The molecule has 0 fully saturated rings. The predicted molar refractivity (Wildman–Crippen MR) is 65.8 cm³/mol. The van der Waals surface area contributed by atoms with E-state index in [9.17, 15) is 0 Å². The Kier molecular flexibility index (Phi) is 5.90. The van der Waals surface area contributed by atoms with E-state index in [1.165, 1.54) is 5.56 Å². The number of hydrogen-bond acceptors (Lipinski definition) is 3. The highest BCUT2D eigenvalue weighted by molar-refractivity contribution is 5.33. The first-order chi connectivity index (χ1) is 7.77. The molecule has 3 nitrogen and oxygen atoms in total. The van der Waals surface area contributed by atoms with Gasteiger partial charge in [-0.1, -0.05) is 18.2 Å². The second kappa shape index (κ2) is 7.25. The molecule has 0 aliphatic carbocycles. The summed E-state index contributed by atoms with van der Waals surface area (Å²) in [6.07, 6.45) is 0.235. The first-order valence-corrected chi connectivity index (χ1v) is 5.72. The van der Waals surface area contributed by atoms with E-state index in [0.717, 1.165) is 18.8 Å². The van der Waals surface area contributed by atoms with Crippen LogP contribution in [0.4, 0.5) is 0 Å². The predicted octanol–water partition coefficient (Wildman–Crippen LogP) is 2.21. The maximum absolute atomic E-state index is 5.55. The maximum Gasteiger partial charge on any atom is 0.123 e. The van der Waals surface area contributed by atoms with Gasteiger partial charge < -0.3 is 14.8 Å². The molecule has 1 aromatic carbocycles. The summed E-state index contributed by atoms with van der Waals surface area (Å²) in [6, 6.07) is 8.10. The fraction of sp³-hybridized carbons (Fsp3) is 0.538. The minimum Gasteiger partial charge on any atom is -0.494 e. The van der Waals surface area contributed by atoms with Gasteiger partial charge in [-0.25, -0.2) is 0 Å². The van der Waals surface area contributed by atoms with Gasteiger partial charge in [0.15, 0.2) is 0 Å². The largest absolute Gasteiger partial charge is 0.494 e. The zero-order chi connectivity index (χ0) is 11.8. The summed E-state index contributed by atoms with van der Waals surface area (Å²) in [5.41, 5.74) is 1.19. The van der Waals surface area contributed by atoms with E-state index in [-0.39, 0.29) is 6.10 Å². The van der Waals surface area contributed by atoms with Gasteiger partial charge in [0.1, 0.15) is 5.75 Å². The Morgan fingerprint density at radius 2 is 2.06 bits per heavy atom. The van der Waals surface area contributed by atoms with Crippen molar-refractivity contribution < 1.29 is 9.47 Å². The van der Waals surface area contributed by atoms with Crippen LogP contribution in [0.25, 0.3) is 0 Å². The van der Waals surface area contributed by atoms with Crippen molar-refractivity contribution in [2.24, 2.45) is 0 Å². The SMILES string of the molecule is CCOc1ccccc1CNCC(C)OC. The molecule has 0 spiro atoms. The van der Waals surface area contributed by atoms with E-state index in [4.69, 9.17) is 9.47 Å². The molecule has 0 saturated heterocycles. The average molecular weight is 223 g/mol. The Morgan fingerprint density at radius 3 is 2.75 bits per heavy atom. The number of para-hydroxylation sites is 1.